The van der Waals surface area contributed by atoms with Crippen molar-refractivity contribution in [3.05, 3.63) is 78.1 Å². The lowest BCUT2D eigenvalue weighted by Gasteiger charge is -2.36. The van der Waals surface area contributed by atoms with E-state index in [1.807, 2.05) is 54.7 Å². The van der Waals surface area contributed by atoms with Gasteiger partial charge in [0.2, 0.25) is 0 Å². The lowest BCUT2D eigenvalue weighted by atomic mass is 9.93. The minimum atomic E-state index is -0.336. The first-order valence-electron chi connectivity index (χ1n) is 8.63. The van der Waals surface area contributed by atoms with Crippen molar-refractivity contribution in [1.29, 1.82) is 0 Å². The first kappa shape index (κ1) is 16.4. The molecule has 0 bridgehead atoms. The SMILES string of the molecule is O=C(Nc1ccccc1-n1cccn1)N1CCc2ccccc2C1CO. The van der Waals surface area contributed by atoms with Gasteiger partial charge in [-0.1, -0.05) is 36.4 Å². The number of para-hydroxylation sites is 2. The fourth-order valence-corrected chi connectivity index (χ4v) is 3.47. The first-order chi connectivity index (χ1) is 12.8. The number of anilines is 1. The van der Waals surface area contributed by atoms with Crippen LogP contribution in [0.15, 0.2) is 67.0 Å². The van der Waals surface area contributed by atoms with Crippen LogP contribution in [-0.4, -0.2) is 39.0 Å². The topological polar surface area (TPSA) is 70.4 Å². The van der Waals surface area contributed by atoms with E-state index in [2.05, 4.69) is 16.5 Å². The Morgan fingerprint density at radius 1 is 1.15 bits per heavy atom. The highest BCUT2D eigenvalue weighted by molar-refractivity contribution is 5.92. The van der Waals surface area contributed by atoms with Crippen LogP contribution in [0.3, 0.4) is 0 Å². The first-order valence-corrected chi connectivity index (χ1v) is 8.63. The van der Waals surface area contributed by atoms with Crippen LogP contribution >= 0.6 is 0 Å². The quantitative estimate of drug-likeness (QED) is 0.764. The number of fused-ring (bicyclic) bond motifs is 1. The van der Waals surface area contributed by atoms with Crippen molar-refractivity contribution in [1.82, 2.24) is 14.7 Å². The Bertz CT molecular complexity index is 908. The predicted molar refractivity (Wildman–Crippen MR) is 99.3 cm³/mol. The molecule has 0 fully saturated rings. The zero-order valence-corrected chi connectivity index (χ0v) is 14.2. The number of rotatable bonds is 3. The predicted octanol–water partition coefficient (Wildman–Crippen LogP) is 3.00. The second-order valence-electron chi connectivity index (χ2n) is 6.24. The molecule has 0 radical (unpaired) electrons. The van der Waals surface area contributed by atoms with Crippen LogP contribution in [0.25, 0.3) is 5.69 Å². The number of nitrogens with one attached hydrogen (secondary N) is 1. The number of carbonyl (C=O) groups is 1. The van der Waals surface area contributed by atoms with Crippen molar-refractivity contribution < 1.29 is 9.90 Å². The van der Waals surface area contributed by atoms with E-state index < -0.39 is 0 Å². The molecule has 0 aliphatic carbocycles. The molecule has 0 spiro atoms. The number of amides is 2. The van der Waals surface area contributed by atoms with Crippen LogP contribution in [0.1, 0.15) is 17.2 Å². The van der Waals surface area contributed by atoms with E-state index in [1.165, 1.54) is 5.56 Å². The Morgan fingerprint density at radius 2 is 1.96 bits per heavy atom. The summed E-state index contributed by atoms with van der Waals surface area (Å²) in [6.07, 6.45) is 4.31. The summed E-state index contributed by atoms with van der Waals surface area (Å²) in [5.74, 6) is 0. The average Bonchev–Trinajstić information content (AvgIpc) is 3.22. The standard InChI is InChI=1S/C20H20N4O2/c25-14-19-16-7-2-1-6-15(16)10-13-23(19)20(26)22-17-8-3-4-9-18(17)24-12-5-11-21-24/h1-9,11-12,19,25H,10,13-14H2,(H,22,26). The molecule has 2 heterocycles. The third-order valence-electron chi connectivity index (χ3n) is 4.74. The Labute approximate surface area is 151 Å². The van der Waals surface area contributed by atoms with Gasteiger partial charge in [-0.3, -0.25) is 0 Å². The summed E-state index contributed by atoms with van der Waals surface area (Å²) >= 11 is 0. The fourth-order valence-electron chi connectivity index (χ4n) is 3.47. The molecular weight excluding hydrogens is 328 g/mol. The maximum absolute atomic E-state index is 12.9. The molecule has 1 aliphatic heterocycles. The maximum Gasteiger partial charge on any atom is 0.322 e. The lowest BCUT2D eigenvalue weighted by molar-refractivity contribution is 0.135. The zero-order chi connectivity index (χ0) is 17.9. The minimum Gasteiger partial charge on any atom is -0.394 e. The number of nitrogens with zero attached hydrogens (tertiary/aromatic N) is 3. The highest BCUT2D eigenvalue weighted by Crippen LogP contribution is 2.30. The summed E-state index contributed by atoms with van der Waals surface area (Å²) in [7, 11) is 0. The lowest BCUT2D eigenvalue weighted by Crippen LogP contribution is -2.44. The maximum atomic E-state index is 12.9. The van der Waals surface area contributed by atoms with Crippen molar-refractivity contribution >= 4 is 11.7 Å². The Balaban J connectivity index is 1.60. The smallest absolute Gasteiger partial charge is 0.322 e. The van der Waals surface area contributed by atoms with Gasteiger partial charge in [0, 0.05) is 18.9 Å². The van der Waals surface area contributed by atoms with Gasteiger partial charge in [0.1, 0.15) is 0 Å². The van der Waals surface area contributed by atoms with Gasteiger partial charge in [-0.25, -0.2) is 9.48 Å². The zero-order valence-electron chi connectivity index (χ0n) is 14.2. The minimum absolute atomic E-state index is 0.106. The van der Waals surface area contributed by atoms with Crippen molar-refractivity contribution in [2.75, 3.05) is 18.5 Å². The molecule has 26 heavy (non-hydrogen) atoms. The number of aliphatic hydroxyl groups excluding tert-OH is 1. The van der Waals surface area contributed by atoms with Crippen molar-refractivity contribution in [2.45, 2.75) is 12.5 Å². The van der Waals surface area contributed by atoms with Crippen LogP contribution < -0.4 is 5.32 Å². The highest BCUT2D eigenvalue weighted by atomic mass is 16.3. The second-order valence-corrected chi connectivity index (χ2v) is 6.24. The van der Waals surface area contributed by atoms with Gasteiger partial charge in [-0.05, 0) is 35.7 Å². The van der Waals surface area contributed by atoms with Crippen molar-refractivity contribution in [3.8, 4) is 5.69 Å². The molecule has 132 valence electrons. The largest absolute Gasteiger partial charge is 0.394 e. The molecule has 2 N–H and O–H groups in total. The molecule has 1 aliphatic rings. The van der Waals surface area contributed by atoms with Crippen LogP contribution in [0.4, 0.5) is 10.5 Å². The molecule has 1 atom stereocenters. The summed E-state index contributed by atoms with van der Waals surface area (Å²) in [4.78, 5) is 14.6. The van der Waals surface area contributed by atoms with E-state index in [-0.39, 0.29) is 18.7 Å². The Morgan fingerprint density at radius 3 is 2.77 bits per heavy atom. The summed E-state index contributed by atoms with van der Waals surface area (Å²) < 4.78 is 1.71. The number of benzene rings is 2. The molecule has 4 rings (SSSR count). The molecule has 0 saturated carbocycles. The third-order valence-corrected chi connectivity index (χ3v) is 4.74. The van der Waals surface area contributed by atoms with E-state index in [9.17, 15) is 9.90 Å². The molecule has 6 heteroatoms. The van der Waals surface area contributed by atoms with Gasteiger partial charge in [-0.2, -0.15) is 5.10 Å². The third kappa shape index (κ3) is 2.95. The van der Waals surface area contributed by atoms with E-state index in [0.717, 1.165) is 17.7 Å². The van der Waals surface area contributed by atoms with E-state index >= 15 is 0 Å². The average molecular weight is 348 g/mol. The second kappa shape index (κ2) is 7.01. The summed E-state index contributed by atoms with van der Waals surface area (Å²) in [6, 6.07) is 16.8. The Kier molecular flexibility index (Phi) is 4.41. The normalized spacial score (nSPS) is 16.2. The molecule has 6 nitrogen and oxygen atoms in total. The number of aromatic nitrogens is 2. The van der Waals surface area contributed by atoms with Gasteiger partial charge < -0.3 is 15.3 Å². The van der Waals surface area contributed by atoms with Crippen molar-refractivity contribution in [3.63, 3.8) is 0 Å². The number of aliphatic hydroxyl groups is 1. The van der Waals surface area contributed by atoms with E-state index in [0.29, 0.717) is 12.2 Å². The van der Waals surface area contributed by atoms with Crippen LogP contribution in [0.5, 0.6) is 0 Å². The van der Waals surface area contributed by atoms with Crippen LogP contribution in [0, 0.1) is 0 Å². The van der Waals surface area contributed by atoms with Crippen molar-refractivity contribution in [2.24, 2.45) is 0 Å². The summed E-state index contributed by atoms with van der Waals surface area (Å²) in [5.41, 5.74) is 3.67. The van der Waals surface area contributed by atoms with Crippen LogP contribution in [-0.2, 0) is 6.42 Å². The molecule has 2 aromatic carbocycles. The number of hydrogen-bond acceptors (Lipinski definition) is 3. The number of carbonyl (C=O) groups excluding carboxylic acids is 1. The number of urea groups is 1. The number of hydrogen-bond donors (Lipinski definition) is 2. The van der Waals surface area contributed by atoms with Gasteiger partial charge in [0.15, 0.2) is 0 Å². The molecular formula is C20H20N4O2. The molecule has 0 saturated heterocycles. The van der Waals surface area contributed by atoms with Crippen LogP contribution in [0.2, 0.25) is 0 Å². The van der Waals surface area contributed by atoms with Gasteiger partial charge in [-0.15, -0.1) is 0 Å². The fraction of sp³-hybridized carbons (Fsp3) is 0.200. The molecule has 2 amide bonds. The van der Waals surface area contributed by atoms with Gasteiger partial charge in [0.05, 0.1) is 24.0 Å². The van der Waals surface area contributed by atoms with E-state index in [4.69, 9.17) is 0 Å². The molecule has 1 aromatic heterocycles. The highest BCUT2D eigenvalue weighted by Gasteiger charge is 2.30. The van der Waals surface area contributed by atoms with Gasteiger partial charge >= 0.3 is 6.03 Å². The summed E-state index contributed by atoms with van der Waals surface area (Å²) in [6.45, 7) is 0.462. The summed E-state index contributed by atoms with van der Waals surface area (Å²) in [5, 5.41) is 17.1. The van der Waals surface area contributed by atoms with E-state index in [1.54, 1.807) is 15.8 Å². The molecule has 1 unspecified atom stereocenters. The monoisotopic (exact) mass is 348 g/mol. The molecule has 3 aromatic rings. The van der Waals surface area contributed by atoms with Gasteiger partial charge in [0.25, 0.3) is 0 Å². The Hall–Kier alpha value is -3.12.